The van der Waals surface area contributed by atoms with E-state index in [2.05, 4.69) is 15.6 Å². The fraction of sp³-hybridized carbons (Fsp3) is 0.471. The van der Waals surface area contributed by atoms with Crippen LogP contribution in [0, 0.1) is 0 Å². The molecule has 0 unspecified atom stereocenters. The molecule has 2 aromatic rings. The van der Waals surface area contributed by atoms with Crippen LogP contribution >= 0.6 is 23.2 Å². The monoisotopic (exact) mass is 371 g/mol. The van der Waals surface area contributed by atoms with Crippen molar-refractivity contribution in [1.29, 1.82) is 0 Å². The molecule has 1 aliphatic rings. The van der Waals surface area contributed by atoms with Crippen LogP contribution in [0.3, 0.4) is 0 Å². The summed E-state index contributed by atoms with van der Waals surface area (Å²) in [6, 6.07) is 1.80. The minimum Gasteiger partial charge on any atom is -0.383 e. The Kier molecular flexibility index (Phi) is 6.78. The molecule has 7 heteroatoms. The molecule has 132 valence electrons. The van der Waals surface area contributed by atoms with Gasteiger partial charge in [0, 0.05) is 43.4 Å². The molecule has 5 nitrogen and oxygen atoms in total. The number of methoxy groups -OCH3 is 1. The number of fused-ring (bicyclic) bond motifs is 3. The van der Waals surface area contributed by atoms with Gasteiger partial charge >= 0.3 is 0 Å². The second kappa shape index (κ2) is 8.60. The van der Waals surface area contributed by atoms with E-state index < -0.39 is 0 Å². The van der Waals surface area contributed by atoms with E-state index in [1.165, 1.54) is 0 Å². The van der Waals surface area contributed by atoms with Gasteiger partial charge in [0.1, 0.15) is 0 Å². The molecule has 1 aromatic heterocycles. The molecule has 1 amide bonds. The van der Waals surface area contributed by atoms with Crippen molar-refractivity contribution in [2.75, 3.05) is 32.1 Å². The quantitative estimate of drug-likeness (QED) is 0.716. The number of amides is 1. The predicted molar refractivity (Wildman–Crippen MR) is 100 cm³/mol. The van der Waals surface area contributed by atoms with E-state index in [0.717, 1.165) is 34.3 Å². The smallest absolute Gasteiger partial charge is 0.224 e. The highest BCUT2D eigenvalue weighted by Gasteiger charge is 2.22. The Morgan fingerprint density at radius 3 is 2.79 bits per heavy atom. The van der Waals surface area contributed by atoms with Crippen molar-refractivity contribution in [3.8, 4) is 0 Å². The molecule has 3 N–H and O–H groups in total. The molecule has 24 heavy (non-hydrogen) atoms. The van der Waals surface area contributed by atoms with Gasteiger partial charge in [-0.3, -0.25) is 4.79 Å². The van der Waals surface area contributed by atoms with Gasteiger partial charge < -0.3 is 20.4 Å². The molecule has 1 aromatic carbocycles. The largest absolute Gasteiger partial charge is 0.383 e. The minimum absolute atomic E-state index is 0.0218. The van der Waals surface area contributed by atoms with E-state index in [0.29, 0.717) is 36.2 Å². The lowest BCUT2D eigenvalue weighted by Gasteiger charge is -2.11. The zero-order valence-corrected chi connectivity index (χ0v) is 15.7. The van der Waals surface area contributed by atoms with Gasteiger partial charge in [-0.2, -0.15) is 0 Å². The summed E-state index contributed by atoms with van der Waals surface area (Å²) in [6.07, 6.45) is 1.09. The summed E-state index contributed by atoms with van der Waals surface area (Å²) in [5.41, 5.74) is 3.68. The second-order valence-electron chi connectivity index (χ2n) is 5.25. The van der Waals surface area contributed by atoms with Gasteiger partial charge in [0.15, 0.2) is 0 Å². The van der Waals surface area contributed by atoms with Crippen LogP contribution in [0.1, 0.15) is 25.1 Å². The number of carbonyl (C=O) groups is 1. The van der Waals surface area contributed by atoms with E-state index in [-0.39, 0.29) is 5.91 Å². The van der Waals surface area contributed by atoms with Crippen molar-refractivity contribution in [1.82, 2.24) is 10.3 Å². The summed E-state index contributed by atoms with van der Waals surface area (Å²) in [5, 5.41) is 8.10. The lowest BCUT2D eigenvalue weighted by atomic mass is 10.0. The molecule has 0 saturated carbocycles. The molecule has 0 atom stereocenters. The fourth-order valence-corrected chi connectivity index (χ4v) is 3.22. The van der Waals surface area contributed by atoms with Crippen molar-refractivity contribution >= 4 is 45.7 Å². The number of halogens is 2. The number of aromatic nitrogens is 1. The number of benzene rings is 1. The van der Waals surface area contributed by atoms with Crippen LogP contribution in [0.4, 0.5) is 5.69 Å². The summed E-state index contributed by atoms with van der Waals surface area (Å²) in [7, 11) is 1.65. The van der Waals surface area contributed by atoms with Crippen LogP contribution in [0.25, 0.3) is 10.9 Å². The maximum Gasteiger partial charge on any atom is 0.224 e. The number of aromatic amines is 1. The molecule has 0 bridgehead atoms. The topological polar surface area (TPSA) is 66.1 Å². The highest BCUT2D eigenvalue weighted by Crippen LogP contribution is 2.39. The Labute approximate surface area is 152 Å². The third kappa shape index (κ3) is 3.79. The van der Waals surface area contributed by atoms with E-state index in [4.69, 9.17) is 27.9 Å². The van der Waals surface area contributed by atoms with E-state index in [1.54, 1.807) is 13.2 Å². The van der Waals surface area contributed by atoms with Crippen molar-refractivity contribution in [3.63, 3.8) is 0 Å². The first-order valence-corrected chi connectivity index (χ1v) is 8.88. The van der Waals surface area contributed by atoms with E-state index in [9.17, 15) is 4.79 Å². The predicted octanol–water partition coefficient (Wildman–Crippen LogP) is 3.77. The van der Waals surface area contributed by atoms with Gasteiger partial charge in [0.05, 0.1) is 28.6 Å². The molecule has 0 aliphatic carbocycles. The molecule has 2 heterocycles. The number of nitrogens with one attached hydrogen (secondary N) is 3. The Morgan fingerprint density at radius 1 is 1.33 bits per heavy atom. The van der Waals surface area contributed by atoms with Crippen LogP contribution in [0.5, 0.6) is 0 Å². The van der Waals surface area contributed by atoms with Crippen LogP contribution in [0.15, 0.2) is 6.07 Å². The lowest BCUT2D eigenvalue weighted by Crippen LogP contribution is -2.24. The summed E-state index contributed by atoms with van der Waals surface area (Å²) >= 11 is 12.6. The van der Waals surface area contributed by atoms with Crippen LogP contribution in [0.2, 0.25) is 10.0 Å². The molecule has 3 rings (SSSR count). The zero-order valence-electron chi connectivity index (χ0n) is 14.2. The van der Waals surface area contributed by atoms with Gasteiger partial charge in [-0.1, -0.05) is 37.0 Å². The van der Waals surface area contributed by atoms with E-state index >= 15 is 0 Å². The average molecular weight is 372 g/mol. The lowest BCUT2D eigenvalue weighted by molar-refractivity contribution is -0.120. The Morgan fingerprint density at radius 2 is 2.08 bits per heavy atom. The van der Waals surface area contributed by atoms with Crippen LogP contribution in [-0.4, -0.2) is 37.7 Å². The first-order chi connectivity index (χ1) is 11.6. The van der Waals surface area contributed by atoms with Crippen LogP contribution < -0.4 is 10.6 Å². The number of anilines is 1. The third-order valence-electron chi connectivity index (χ3n) is 3.82. The average Bonchev–Trinajstić information content (AvgIpc) is 2.83. The van der Waals surface area contributed by atoms with Gasteiger partial charge in [0.2, 0.25) is 5.91 Å². The van der Waals surface area contributed by atoms with Gasteiger partial charge in [-0.05, 0) is 11.6 Å². The highest BCUT2D eigenvalue weighted by atomic mass is 35.5. The number of hydrogen-bond acceptors (Lipinski definition) is 3. The molecular weight excluding hydrogens is 349 g/mol. The highest BCUT2D eigenvalue weighted by molar-refractivity contribution is 6.45. The Hall–Kier alpha value is -1.43. The van der Waals surface area contributed by atoms with Gasteiger partial charge in [-0.25, -0.2) is 0 Å². The van der Waals surface area contributed by atoms with Gasteiger partial charge in [-0.15, -0.1) is 0 Å². The number of hydrogen-bond donors (Lipinski definition) is 3. The normalized spacial score (nSPS) is 13.6. The summed E-state index contributed by atoms with van der Waals surface area (Å²) in [6.45, 7) is 5.85. The Balaban J connectivity index is 0.00000100. The van der Waals surface area contributed by atoms with E-state index in [1.807, 2.05) is 13.8 Å². The molecule has 0 spiro atoms. The van der Waals surface area contributed by atoms with Crippen LogP contribution in [-0.2, 0) is 22.4 Å². The third-order valence-corrected chi connectivity index (χ3v) is 4.61. The second-order valence-corrected chi connectivity index (χ2v) is 6.03. The summed E-state index contributed by atoms with van der Waals surface area (Å²) in [4.78, 5) is 15.2. The van der Waals surface area contributed by atoms with Gasteiger partial charge in [0.25, 0.3) is 0 Å². The first-order valence-electron chi connectivity index (χ1n) is 8.12. The molecule has 0 fully saturated rings. The van der Waals surface area contributed by atoms with Crippen molar-refractivity contribution < 1.29 is 9.53 Å². The maximum atomic E-state index is 11.9. The molecule has 0 radical (unpaired) electrons. The standard InChI is InChI=1S/C15H17Cl2N3O2.C2H6/c1-22-5-4-18-11-7-9(16)14(17)15-13(11)8-6-12(21)19-3-2-10(8)20-15;1-2/h7,18,20H,2-6H2,1H3,(H,19,21);1-2H3. The minimum atomic E-state index is 0.0218. The maximum absolute atomic E-state index is 11.9. The van der Waals surface area contributed by atoms with Crippen molar-refractivity contribution in [2.24, 2.45) is 0 Å². The fourth-order valence-electron chi connectivity index (χ4n) is 2.82. The van der Waals surface area contributed by atoms with Crippen molar-refractivity contribution in [3.05, 3.63) is 27.4 Å². The molecular formula is C17H23Cl2N3O2. The first kappa shape index (κ1) is 18.9. The Bertz CT molecular complexity index is 728. The number of H-pyrrole nitrogens is 1. The summed E-state index contributed by atoms with van der Waals surface area (Å²) in [5.74, 6) is 0.0218. The number of rotatable bonds is 4. The molecule has 1 aliphatic heterocycles. The SMILES string of the molecule is CC.COCCNc1cc(Cl)c(Cl)c2[nH]c3c(c12)CC(=O)NCC3. The molecule has 0 saturated heterocycles. The van der Waals surface area contributed by atoms with Crippen molar-refractivity contribution in [2.45, 2.75) is 26.7 Å². The number of ether oxygens (including phenoxy) is 1. The summed E-state index contributed by atoms with van der Waals surface area (Å²) < 4.78 is 5.07. The zero-order chi connectivity index (χ0) is 17.7. The number of carbonyl (C=O) groups excluding carboxylic acids is 1.